The lowest BCUT2D eigenvalue weighted by atomic mass is 10.9. The van der Waals surface area contributed by atoms with Crippen LogP contribution in [0.1, 0.15) is 13.8 Å². The van der Waals surface area contributed by atoms with Crippen LogP contribution < -0.4 is 0 Å². The Balaban J connectivity index is 0. The van der Waals surface area contributed by atoms with Crippen LogP contribution in [-0.4, -0.2) is 19.3 Å². The zero-order chi connectivity index (χ0) is 9.98. The van der Waals surface area contributed by atoms with Gasteiger partial charge in [-0.05, 0) is 13.8 Å². The summed E-state index contributed by atoms with van der Waals surface area (Å²) in [6.45, 7) is 4.08. The highest BCUT2D eigenvalue weighted by Gasteiger charge is 1.97. The van der Waals surface area contributed by atoms with Crippen LogP contribution in [0.4, 0.5) is 0 Å². The predicted octanol–water partition coefficient (Wildman–Crippen LogP) is 3.77. The Morgan fingerprint density at radius 1 is 1.00 bits per heavy atom. The van der Waals surface area contributed by atoms with Crippen LogP contribution in [0.5, 0.6) is 0 Å². The molecule has 76 valence electrons. The summed E-state index contributed by atoms with van der Waals surface area (Å²) in [4.78, 5) is 0. The highest BCUT2D eigenvalue weighted by atomic mass is 32.2. The maximum absolute atomic E-state index is 4.15. The van der Waals surface area contributed by atoms with Crippen LogP contribution in [0.25, 0.3) is 0 Å². The zero-order valence-corrected chi connectivity index (χ0v) is 12.4. The molecule has 0 saturated carbocycles. The number of rotatable bonds is 4. The molecule has 0 aromatic heterocycles. The van der Waals surface area contributed by atoms with E-state index in [1.165, 1.54) is 0 Å². The van der Waals surface area contributed by atoms with Gasteiger partial charge in [-0.3, -0.25) is 0 Å². The molecule has 0 rings (SSSR count). The predicted molar refractivity (Wildman–Crippen MR) is 79.8 cm³/mol. The van der Waals surface area contributed by atoms with Crippen molar-refractivity contribution in [2.45, 2.75) is 23.0 Å². The molecule has 0 radical (unpaired) electrons. The van der Waals surface area contributed by atoms with Crippen molar-refractivity contribution < 1.29 is 0 Å². The Morgan fingerprint density at radius 3 is 1.33 bits per heavy atom. The summed E-state index contributed by atoms with van der Waals surface area (Å²) in [5, 5.41) is 1.76. The lowest BCUT2D eigenvalue weighted by molar-refractivity contribution is 1.37. The van der Waals surface area contributed by atoms with E-state index in [1.54, 1.807) is 23.5 Å². The molecule has 0 aromatic rings. The van der Waals surface area contributed by atoms with Gasteiger partial charge in [0, 0.05) is 19.3 Å². The van der Waals surface area contributed by atoms with Gasteiger partial charge < -0.3 is 0 Å². The van der Waals surface area contributed by atoms with Gasteiger partial charge >= 0.3 is 0 Å². The molecule has 0 spiro atoms. The lowest BCUT2D eigenvalue weighted by Gasteiger charge is -2.04. The van der Waals surface area contributed by atoms with Gasteiger partial charge in [-0.1, -0.05) is 0 Å². The number of hydrogen-bond acceptors (Lipinski definition) is 6. The van der Waals surface area contributed by atoms with Crippen molar-refractivity contribution >= 4 is 74.0 Å². The van der Waals surface area contributed by atoms with E-state index in [0.29, 0.717) is 9.16 Å². The van der Waals surface area contributed by atoms with Crippen LogP contribution in [-0.2, 0) is 0 Å². The first-order valence-corrected chi connectivity index (χ1v) is 7.75. The first kappa shape index (κ1) is 16.5. The van der Waals surface area contributed by atoms with Crippen molar-refractivity contribution in [2.75, 3.05) is 10.2 Å². The molecule has 0 saturated heterocycles. The molecular formula is C6H16S6. The molecule has 0 aliphatic carbocycles. The minimum atomic E-state index is 0.410. The van der Waals surface area contributed by atoms with Crippen LogP contribution >= 0.6 is 74.0 Å². The fraction of sp³-hybridized carbons (Fsp3) is 1.00. The standard InChI is InChI=1S/C4H10S3.C2H6S3/c1-3(5)7-4(2)6;3-1-5-2-4/h3-6H,1-2H3;3-4H,1-2H2. The average Bonchev–Trinajstić information content (AvgIpc) is 1.87. The van der Waals surface area contributed by atoms with E-state index in [0.717, 1.165) is 10.2 Å². The molecule has 0 amide bonds. The molecule has 0 bridgehead atoms. The SMILES string of the molecule is CC(S)SC(C)S.SCSCS. The van der Waals surface area contributed by atoms with Gasteiger partial charge in [0.15, 0.2) is 0 Å². The van der Waals surface area contributed by atoms with E-state index in [-0.39, 0.29) is 0 Å². The van der Waals surface area contributed by atoms with Crippen LogP contribution in [0, 0.1) is 0 Å². The van der Waals surface area contributed by atoms with Crippen molar-refractivity contribution in [2.24, 2.45) is 0 Å². The fourth-order valence-corrected chi connectivity index (χ4v) is 3.34. The molecule has 0 aliphatic rings. The van der Waals surface area contributed by atoms with Gasteiger partial charge in [0.05, 0.1) is 0 Å². The van der Waals surface area contributed by atoms with Crippen molar-refractivity contribution in [1.82, 2.24) is 0 Å². The molecule has 2 atom stereocenters. The molecule has 6 heteroatoms. The lowest BCUT2D eigenvalue weighted by Crippen LogP contribution is -1.88. The normalized spacial score (nSPS) is 14.5. The number of thioether (sulfide) groups is 2. The molecule has 12 heavy (non-hydrogen) atoms. The quantitative estimate of drug-likeness (QED) is 0.457. The van der Waals surface area contributed by atoms with Crippen LogP contribution in [0.2, 0.25) is 0 Å². The molecular weight excluding hydrogens is 264 g/mol. The molecule has 2 unspecified atom stereocenters. The first-order valence-electron chi connectivity index (χ1n) is 3.35. The summed E-state index contributed by atoms with van der Waals surface area (Å²) in [6.07, 6.45) is 0. The monoisotopic (exact) mass is 280 g/mol. The summed E-state index contributed by atoms with van der Waals surface area (Å²) in [7, 11) is 0. The Bertz CT molecular complexity index is 66.4. The third kappa shape index (κ3) is 22.7. The smallest absolute Gasteiger partial charge is 0.0455 e. The van der Waals surface area contributed by atoms with Crippen molar-refractivity contribution in [3.8, 4) is 0 Å². The second-order valence-electron chi connectivity index (χ2n) is 1.80. The Labute approximate surface area is 106 Å². The summed E-state index contributed by atoms with van der Waals surface area (Å²) >= 11 is 19.6. The van der Waals surface area contributed by atoms with E-state index in [9.17, 15) is 0 Å². The van der Waals surface area contributed by atoms with E-state index in [4.69, 9.17) is 0 Å². The summed E-state index contributed by atoms with van der Waals surface area (Å²) in [5.74, 6) is 0. The van der Waals surface area contributed by atoms with E-state index < -0.39 is 0 Å². The van der Waals surface area contributed by atoms with Gasteiger partial charge in [-0.15, -0.1) is 23.5 Å². The second-order valence-corrected chi connectivity index (χ2v) is 8.21. The molecule has 0 N–H and O–H groups in total. The summed E-state index contributed by atoms with van der Waals surface area (Å²) < 4.78 is 0.819. The van der Waals surface area contributed by atoms with Crippen LogP contribution in [0.15, 0.2) is 0 Å². The van der Waals surface area contributed by atoms with Gasteiger partial charge in [0.1, 0.15) is 0 Å². The largest absolute Gasteiger partial charge is 0.168 e. The molecule has 0 heterocycles. The second kappa shape index (κ2) is 13.1. The van der Waals surface area contributed by atoms with E-state index >= 15 is 0 Å². The minimum absolute atomic E-state index is 0.410. The average molecular weight is 281 g/mol. The molecule has 0 nitrogen and oxygen atoms in total. The highest BCUT2D eigenvalue weighted by Crippen LogP contribution is 2.21. The van der Waals surface area contributed by atoms with Gasteiger partial charge in [-0.25, -0.2) is 0 Å². The summed E-state index contributed by atoms with van der Waals surface area (Å²) in [6, 6.07) is 0. The zero-order valence-electron chi connectivity index (χ0n) is 7.17. The van der Waals surface area contributed by atoms with Gasteiger partial charge in [-0.2, -0.15) is 50.5 Å². The maximum Gasteiger partial charge on any atom is 0.0455 e. The Hall–Kier alpha value is 2.10. The van der Waals surface area contributed by atoms with Crippen molar-refractivity contribution in [1.29, 1.82) is 0 Å². The molecule has 0 fully saturated rings. The van der Waals surface area contributed by atoms with Crippen molar-refractivity contribution in [3.05, 3.63) is 0 Å². The molecule has 0 aliphatic heterocycles. The van der Waals surface area contributed by atoms with Crippen molar-refractivity contribution in [3.63, 3.8) is 0 Å². The third-order valence-electron chi connectivity index (χ3n) is 0.576. The maximum atomic E-state index is 4.15. The van der Waals surface area contributed by atoms with E-state index in [2.05, 4.69) is 50.5 Å². The Kier molecular flexibility index (Phi) is 18.0. The third-order valence-corrected chi connectivity index (χ3v) is 3.56. The topological polar surface area (TPSA) is 0 Å². The summed E-state index contributed by atoms with van der Waals surface area (Å²) in [5.41, 5.74) is 0. The van der Waals surface area contributed by atoms with Gasteiger partial charge in [0.2, 0.25) is 0 Å². The minimum Gasteiger partial charge on any atom is -0.168 e. The highest BCUT2D eigenvalue weighted by molar-refractivity contribution is 8.17. The van der Waals surface area contributed by atoms with E-state index in [1.807, 2.05) is 13.8 Å². The van der Waals surface area contributed by atoms with Crippen LogP contribution in [0.3, 0.4) is 0 Å². The number of hydrogen-bond donors (Lipinski definition) is 4. The Morgan fingerprint density at radius 2 is 1.33 bits per heavy atom. The number of thiol groups is 4. The van der Waals surface area contributed by atoms with Gasteiger partial charge in [0.25, 0.3) is 0 Å². The fourth-order valence-electron chi connectivity index (χ4n) is 0.326. The first-order chi connectivity index (χ1) is 5.54. The molecule has 0 aromatic carbocycles.